The van der Waals surface area contributed by atoms with Crippen LogP contribution < -0.4 is 5.32 Å². The quantitative estimate of drug-likeness (QED) is 0.784. The number of aromatic nitrogens is 1. The average molecular weight is 228 g/mol. The highest BCUT2D eigenvalue weighted by atomic mass is 32.1. The monoisotopic (exact) mass is 228 g/mol. The number of rotatable bonds is 6. The van der Waals surface area contributed by atoms with Crippen LogP contribution in [-0.4, -0.2) is 23.2 Å². The van der Waals surface area contributed by atoms with Gasteiger partial charge < -0.3 is 10.4 Å². The summed E-state index contributed by atoms with van der Waals surface area (Å²) in [6.45, 7) is 7.25. The largest absolute Gasteiger partial charge is 0.396 e. The molecule has 0 aliphatic carbocycles. The van der Waals surface area contributed by atoms with Gasteiger partial charge in [0.2, 0.25) is 0 Å². The van der Waals surface area contributed by atoms with Crippen molar-refractivity contribution < 1.29 is 5.11 Å². The van der Waals surface area contributed by atoms with Crippen molar-refractivity contribution in [2.45, 2.75) is 33.2 Å². The van der Waals surface area contributed by atoms with E-state index in [4.69, 9.17) is 5.11 Å². The smallest absolute Gasteiger partial charge is 0.109 e. The van der Waals surface area contributed by atoms with Gasteiger partial charge in [0, 0.05) is 30.1 Å². The Labute approximate surface area is 95.6 Å². The van der Waals surface area contributed by atoms with Crippen molar-refractivity contribution in [1.82, 2.24) is 10.3 Å². The van der Waals surface area contributed by atoms with E-state index in [0.29, 0.717) is 6.04 Å². The molecule has 2 N–H and O–H groups in total. The molecule has 86 valence electrons. The van der Waals surface area contributed by atoms with E-state index in [1.807, 2.05) is 11.6 Å². The fraction of sp³-hybridized carbons (Fsp3) is 0.727. The molecular formula is C11H20N2OS. The third-order valence-electron chi connectivity index (χ3n) is 2.41. The maximum atomic E-state index is 9.16. The first-order valence-electron chi connectivity index (χ1n) is 5.32. The van der Waals surface area contributed by atoms with Crippen molar-refractivity contribution in [2.24, 2.45) is 5.41 Å². The molecule has 0 saturated heterocycles. The zero-order chi connectivity index (χ0) is 11.3. The number of hydrogen-bond donors (Lipinski definition) is 2. The Hall–Kier alpha value is -0.450. The zero-order valence-corrected chi connectivity index (χ0v) is 10.5. The SMILES string of the molecule is CCC(NCC(C)(C)CO)c1nccs1. The van der Waals surface area contributed by atoms with Crippen LogP contribution in [0.1, 0.15) is 38.2 Å². The summed E-state index contributed by atoms with van der Waals surface area (Å²) in [6, 6.07) is 0.316. The van der Waals surface area contributed by atoms with Gasteiger partial charge in [-0.25, -0.2) is 4.98 Å². The lowest BCUT2D eigenvalue weighted by Gasteiger charge is -2.25. The predicted molar refractivity (Wildman–Crippen MR) is 64.0 cm³/mol. The summed E-state index contributed by atoms with van der Waals surface area (Å²) in [4.78, 5) is 4.31. The highest BCUT2D eigenvalue weighted by molar-refractivity contribution is 7.09. The van der Waals surface area contributed by atoms with E-state index in [2.05, 4.69) is 31.1 Å². The van der Waals surface area contributed by atoms with E-state index >= 15 is 0 Å². The molecule has 1 aromatic heterocycles. The van der Waals surface area contributed by atoms with Crippen molar-refractivity contribution >= 4 is 11.3 Å². The van der Waals surface area contributed by atoms with Gasteiger partial charge in [0.05, 0.1) is 6.04 Å². The highest BCUT2D eigenvalue weighted by Crippen LogP contribution is 2.21. The first-order chi connectivity index (χ1) is 7.09. The summed E-state index contributed by atoms with van der Waals surface area (Å²) in [7, 11) is 0. The summed E-state index contributed by atoms with van der Waals surface area (Å²) < 4.78 is 0. The van der Waals surface area contributed by atoms with Gasteiger partial charge in [-0.2, -0.15) is 0 Å². The lowest BCUT2D eigenvalue weighted by atomic mass is 9.94. The van der Waals surface area contributed by atoms with Gasteiger partial charge in [0.15, 0.2) is 0 Å². The molecule has 15 heavy (non-hydrogen) atoms. The van der Waals surface area contributed by atoms with Gasteiger partial charge in [-0.15, -0.1) is 11.3 Å². The van der Waals surface area contributed by atoms with E-state index < -0.39 is 0 Å². The third-order valence-corrected chi connectivity index (χ3v) is 3.30. The standard InChI is InChI=1S/C11H20N2OS/c1-4-9(10-12-5-6-15-10)13-7-11(2,3)8-14/h5-6,9,13-14H,4,7-8H2,1-3H3. The van der Waals surface area contributed by atoms with Crippen LogP contribution >= 0.6 is 11.3 Å². The Balaban J connectivity index is 2.49. The van der Waals surface area contributed by atoms with Crippen LogP contribution in [0.5, 0.6) is 0 Å². The number of hydrogen-bond acceptors (Lipinski definition) is 4. The molecule has 0 amide bonds. The van der Waals surface area contributed by atoms with E-state index in [1.54, 1.807) is 11.3 Å². The fourth-order valence-electron chi connectivity index (χ4n) is 1.27. The third kappa shape index (κ3) is 3.89. The molecule has 1 rings (SSSR count). The minimum atomic E-state index is -0.0648. The Morgan fingerprint density at radius 2 is 2.33 bits per heavy atom. The van der Waals surface area contributed by atoms with Crippen molar-refractivity contribution in [2.75, 3.05) is 13.2 Å². The van der Waals surface area contributed by atoms with Crippen molar-refractivity contribution in [3.8, 4) is 0 Å². The molecule has 0 spiro atoms. The van der Waals surface area contributed by atoms with Crippen LogP contribution in [0.15, 0.2) is 11.6 Å². The van der Waals surface area contributed by atoms with Crippen LogP contribution in [0.4, 0.5) is 0 Å². The molecule has 1 atom stereocenters. The molecule has 0 bridgehead atoms. The molecule has 1 unspecified atom stereocenters. The zero-order valence-electron chi connectivity index (χ0n) is 9.66. The summed E-state index contributed by atoms with van der Waals surface area (Å²) in [6.07, 6.45) is 2.86. The molecule has 0 saturated carbocycles. The molecule has 4 heteroatoms. The van der Waals surface area contributed by atoms with Crippen LogP contribution in [0.25, 0.3) is 0 Å². The van der Waals surface area contributed by atoms with Crippen LogP contribution in [0.2, 0.25) is 0 Å². The maximum absolute atomic E-state index is 9.16. The summed E-state index contributed by atoms with van der Waals surface area (Å²) in [5.41, 5.74) is -0.0648. The molecular weight excluding hydrogens is 208 g/mol. The van der Waals surface area contributed by atoms with E-state index in [9.17, 15) is 0 Å². The van der Waals surface area contributed by atoms with E-state index in [-0.39, 0.29) is 12.0 Å². The molecule has 0 aliphatic rings. The van der Waals surface area contributed by atoms with Crippen molar-refractivity contribution in [3.05, 3.63) is 16.6 Å². The molecule has 1 heterocycles. The lowest BCUT2D eigenvalue weighted by Crippen LogP contribution is -2.34. The van der Waals surface area contributed by atoms with Gasteiger partial charge in [-0.1, -0.05) is 20.8 Å². The van der Waals surface area contributed by atoms with Gasteiger partial charge in [0.25, 0.3) is 0 Å². The van der Waals surface area contributed by atoms with Crippen molar-refractivity contribution in [3.63, 3.8) is 0 Å². The van der Waals surface area contributed by atoms with Crippen LogP contribution in [0, 0.1) is 5.41 Å². The van der Waals surface area contributed by atoms with Crippen molar-refractivity contribution in [1.29, 1.82) is 0 Å². The van der Waals surface area contributed by atoms with Crippen LogP contribution in [-0.2, 0) is 0 Å². The predicted octanol–water partition coefficient (Wildman–Crippen LogP) is 2.20. The Morgan fingerprint density at radius 3 is 2.80 bits per heavy atom. The number of nitrogens with zero attached hydrogens (tertiary/aromatic N) is 1. The molecule has 0 fully saturated rings. The van der Waals surface area contributed by atoms with E-state index in [1.165, 1.54) is 0 Å². The average Bonchev–Trinajstić information content (AvgIpc) is 2.72. The number of aliphatic hydroxyl groups is 1. The van der Waals surface area contributed by atoms with Gasteiger partial charge in [0.1, 0.15) is 5.01 Å². The summed E-state index contributed by atoms with van der Waals surface area (Å²) >= 11 is 1.68. The molecule has 0 radical (unpaired) electrons. The molecule has 3 nitrogen and oxygen atoms in total. The Morgan fingerprint density at radius 1 is 1.60 bits per heavy atom. The molecule has 1 aromatic rings. The second kappa shape index (κ2) is 5.58. The number of aliphatic hydroxyl groups excluding tert-OH is 1. The minimum absolute atomic E-state index is 0.0648. The molecule has 0 aliphatic heterocycles. The highest BCUT2D eigenvalue weighted by Gasteiger charge is 2.19. The van der Waals surface area contributed by atoms with Gasteiger partial charge in [-0.3, -0.25) is 0 Å². The summed E-state index contributed by atoms with van der Waals surface area (Å²) in [5, 5.41) is 15.7. The van der Waals surface area contributed by atoms with Gasteiger partial charge in [-0.05, 0) is 6.42 Å². The summed E-state index contributed by atoms with van der Waals surface area (Å²) in [5.74, 6) is 0. The Kier molecular flexibility index (Phi) is 4.70. The molecule has 0 aromatic carbocycles. The lowest BCUT2D eigenvalue weighted by molar-refractivity contribution is 0.152. The topological polar surface area (TPSA) is 45.1 Å². The first kappa shape index (κ1) is 12.6. The number of thiazole rings is 1. The normalized spacial score (nSPS) is 14.1. The fourth-order valence-corrected chi connectivity index (χ4v) is 2.07. The van der Waals surface area contributed by atoms with Crippen LogP contribution in [0.3, 0.4) is 0 Å². The van der Waals surface area contributed by atoms with E-state index in [0.717, 1.165) is 18.0 Å². The second-order valence-corrected chi connectivity index (χ2v) is 5.46. The minimum Gasteiger partial charge on any atom is -0.396 e. The number of nitrogens with one attached hydrogen (secondary N) is 1. The Bertz CT molecular complexity index is 272. The second-order valence-electron chi connectivity index (χ2n) is 4.53. The first-order valence-corrected chi connectivity index (χ1v) is 6.20. The maximum Gasteiger partial charge on any atom is 0.109 e. The van der Waals surface area contributed by atoms with Gasteiger partial charge >= 0.3 is 0 Å².